The summed E-state index contributed by atoms with van der Waals surface area (Å²) in [5.41, 5.74) is 3.02. The summed E-state index contributed by atoms with van der Waals surface area (Å²) in [4.78, 5) is 8.04. The quantitative estimate of drug-likeness (QED) is 0.716. The van der Waals surface area contributed by atoms with E-state index < -0.39 is 0 Å². The molecule has 1 aromatic rings. The van der Waals surface area contributed by atoms with E-state index in [1.54, 1.807) is 6.07 Å². The Labute approximate surface area is 84.1 Å². The molecule has 78 valence electrons. The third-order valence-electron chi connectivity index (χ3n) is 1.43. The van der Waals surface area contributed by atoms with E-state index in [4.69, 9.17) is 4.74 Å². The molecular weight excluding hydrogens is 180 g/mol. The Bertz CT molecular complexity index is 277. The normalized spacial score (nSPS) is 10.3. The van der Waals surface area contributed by atoms with Crippen molar-refractivity contribution in [2.24, 2.45) is 0 Å². The molecule has 0 spiro atoms. The van der Waals surface area contributed by atoms with Crippen LogP contribution in [0, 0.1) is 0 Å². The second-order valence-electron chi connectivity index (χ2n) is 3.10. The SMILES string of the molecule is CCCOc1cc(NN(C)C)ncn1. The number of aromatic nitrogens is 2. The minimum atomic E-state index is 0.603. The fraction of sp³-hybridized carbons (Fsp3) is 0.556. The zero-order valence-corrected chi connectivity index (χ0v) is 8.82. The van der Waals surface area contributed by atoms with Crippen LogP contribution in [0.2, 0.25) is 0 Å². The summed E-state index contributed by atoms with van der Waals surface area (Å²) < 4.78 is 5.37. The van der Waals surface area contributed by atoms with E-state index in [1.165, 1.54) is 6.33 Å². The van der Waals surface area contributed by atoms with Gasteiger partial charge in [0.2, 0.25) is 5.88 Å². The summed E-state index contributed by atoms with van der Waals surface area (Å²) in [5.74, 6) is 1.34. The van der Waals surface area contributed by atoms with Gasteiger partial charge in [-0.25, -0.2) is 15.0 Å². The number of hydrazine groups is 1. The Balaban J connectivity index is 2.59. The molecule has 0 atom stereocenters. The summed E-state index contributed by atoms with van der Waals surface area (Å²) >= 11 is 0. The topological polar surface area (TPSA) is 50.3 Å². The summed E-state index contributed by atoms with van der Waals surface area (Å²) in [6.07, 6.45) is 2.46. The van der Waals surface area contributed by atoms with E-state index in [9.17, 15) is 0 Å². The molecule has 1 N–H and O–H groups in total. The average Bonchev–Trinajstić information content (AvgIpc) is 2.14. The summed E-state index contributed by atoms with van der Waals surface area (Å²) in [7, 11) is 3.80. The lowest BCUT2D eigenvalue weighted by Gasteiger charge is -2.12. The van der Waals surface area contributed by atoms with E-state index >= 15 is 0 Å². The lowest BCUT2D eigenvalue weighted by atomic mass is 10.5. The fourth-order valence-corrected chi connectivity index (χ4v) is 0.915. The van der Waals surface area contributed by atoms with Gasteiger partial charge >= 0.3 is 0 Å². The third-order valence-corrected chi connectivity index (χ3v) is 1.43. The van der Waals surface area contributed by atoms with Crippen molar-refractivity contribution in [3.05, 3.63) is 12.4 Å². The van der Waals surface area contributed by atoms with Gasteiger partial charge in [-0.05, 0) is 6.42 Å². The van der Waals surface area contributed by atoms with Gasteiger partial charge in [0.05, 0.1) is 6.61 Å². The zero-order chi connectivity index (χ0) is 10.4. The first-order valence-corrected chi connectivity index (χ1v) is 4.61. The lowest BCUT2D eigenvalue weighted by Crippen LogP contribution is -2.20. The molecule has 0 aliphatic carbocycles. The van der Waals surface area contributed by atoms with Crippen LogP contribution in [0.25, 0.3) is 0 Å². The Morgan fingerprint density at radius 3 is 2.86 bits per heavy atom. The molecule has 5 heteroatoms. The zero-order valence-electron chi connectivity index (χ0n) is 8.82. The average molecular weight is 196 g/mol. The van der Waals surface area contributed by atoms with Gasteiger partial charge in [0.1, 0.15) is 12.1 Å². The van der Waals surface area contributed by atoms with E-state index in [1.807, 2.05) is 19.1 Å². The van der Waals surface area contributed by atoms with Crippen molar-refractivity contribution in [2.45, 2.75) is 13.3 Å². The van der Waals surface area contributed by atoms with E-state index in [-0.39, 0.29) is 0 Å². The molecule has 0 bridgehead atoms. The molecule has 0 unspecified atom stereocenters. The first kappa shape index (κ1) is 10.7. The highest BCUT2D eigenvalue weighted by atomic mass is 16.5. The molecule has 0 radical (unpaired) electrons. The van der Waals surface area contributed by atoms with E-state index in [0.717, 1.165) is 12.2 Å². The monoisotopic (exact) mass is 196 g/mol. The maximum Gasteiger partial charge on any atom is 0.218 e. The molecule has 1 heterocycles. The largest absolute Gasteiger partial charge is 0.478 e. The number of nitrogens with one attached hydrogen (secondary N) is 1. The number of hydrogen-bond acceptors (Lipinski definition) is 5. The van der Waals surface area contributed by atoms with E-state index in [2.05, 4.69) is 22.3 Å². The molecule has 0 amide bonds. The van der Waals surface area contributed by atoms with Gasteiger partial charge in [-0.3, -0.25) is 0 Å². The van der Waals surface area contributed by atoms with Crippen LogP contribution in [-0.2, 0) is 0 Å². The van der Waals surface area contributed by atoms with Gasteiger partial charge in [0.25, 0.3) is 0 Å². The predicted molar refractivity (Wildman–Crippen MR) is 55.1 cm³/mol. The highest BCUT2D eigenvalue weighted by molar-refractivity contribution is 5.35. The fourth-order valence-electron chi connectivity index (χ4n) is 0.915. The van der Waals surface area contributed by atoms with Crippen LogP contribution in [0.3, 0.4) is 0 Å². The maximum absolute atomic E-state index is 5.37. The van der Waals surface area contributed by atoms with Gasteiger partial charge in [-0.15, -0.1) is 0 Å². The molecule has 14 heavy (non-hydrogen) atoms. The highest BCUT2D eigenvalue weighted by Crippen LogP contribution is 2.10. The van der Waals surface area contributed by atoms with Crippen LogP contribution in [0.4, 0.5) is 5.82 Å². The van der Waals surface area contributed by atoms with Crippen molar-refractivity contribution < 1.29 is 4.74 Å². The van der Waals surface area contributed by atoms with Crippen LogP contribution in [-0.4, -0.2) is 35.7 Å². The van der Waals surface area contributed by atoms with Crippen LogP contribution >= 0.6 is 0 Å². The molecule has 0 fully saturated rings. The Kier molecular flexibility index (Phi) is 4.12. The Morgan fingerprint density at radius 2 is 2.21 bits per heavy atom. The number of anilines is 1. The predicted octanol–water partition coefficient (Wildman–Crippen LogP) is 1.15. The van der Waals surface area contributed by atoms with Gasteiger partial charge in [0.15, 0.2) is 0 Å². The smallest absolute Gasteiger partial charge is 0.218 e. The van der Waals surface area contributed by atoms with Crippen LogP contribution < -0.4 is 10.2 Å². The van der Waals surface area contributed by atoms with Gasteiger partial charge < -0.3 is 10.2 Å². The molecule has 0 saturated heterocycles. The van der Waals surface area contributed by atoms with Gasteiger partial charge in [-0.2, -0.15) is 0 Å². The number of ether oxygens (including phenoxy) is 1. The summed E-state index contributed by atoms with van der Waals surface area (Å²) in [6.45, 7) is 2.73. The summed E-state index contributed by atoms with van der Waals surface area (Å²) in [6, 6.07) is 1.77. The first-order valence-electron chi connectivity index (χ1n) is 4.61. The van der Waals surface area contributed by atoms with Gasteiger partial charge in [-0.1, -0.05) is 6.92 Å². The minimum Gasteiger partial charge on any atom is -0.478 e. The molecule has 0 aliphatic heterocycles. The maximum atomic E-state index is 5.37. The molecule has 0 aromatic carbocycles. The number of hydrogen-bond donors (Lipinski definition) is 1. The number of rotatable bonds is 5. The molecule has 5 nitrogen and oxygen atoms in total. The molecule has 0 saturated carbocycles. The Hall–Kier alpha value is -1.36. The van der Waals surface area contributed by atoms with Crippen molar-refractivity contribution in [3.8, 4) is 5.88 Å². The van der Waals surface area contributed by atoms with Crippen LogP contribution in [0.5, 0.6) is 5.88 Å². The first-order chi connectivity index (χ1) is 6.72. The van der Waals surface area contributed by atoms with Crippen molar-refractivity contribution >= 4 is 5.82 Å². The number of nitrogens with zero attached hydrogens (tertiary/aromatic N) is 3. The second-order valence-corrected chi connectivity index (χ2v) is 3.10. The standard InChI is InChI=1S/C9H16N4O/c1-4-5-14-9-6-8(10-7-11-9)12-13(2)3/h6-7H,4-5H2,1-3H3,(H,10,11,12). The summed E-state index contributed by atoms with van der Waals surface area (Å²) in [5, 5.41) is 1.81. The second kappa shape index (κ2) is 5.39. The minimum absolute atomic E-state index is 0.603. The van der Waals surface area contributed by atoms with Gasteiger partial charge in [0, 0.05) is 20.2 Å². The molecule has 0 aliphatic rings. The highest BCUT2D eigenvalue weighted by Gasteiger charge is 1.99. The van der Waals surface area contributed by atoms with E-state index in [0.29, 0.717) is 12.5 Å². The molecular formula is C9H16N4O. The van der Waals surface area contributed by atoms with Crippen molar-refractivity contribution in [2.75, 3.05) is 26.1 Å². The van der Waals surface area contributed by atoms with Crippen LogP contribution in [0.15, 0.2) is 12.4 Å². The third kappa shape index (κ3) is 3.57. The van der Waals surface area contributed by atoms with Crippen molar-refractivity contribution in [1.29, 1.82) is 0 Å². The molecule has 1 aromatic heterocycles. The Morgan fingerprint density at radius 1 is 1.43 bits per heavy atom. The van der Waals surface area contributed by atoms with Crippen molar-refractivity contribution in [1.82, 2.24) is 15.0 Å². The molecule has 1 rings (SSSR count). The van der Waals surface area contributed by atoms with Crippen molar-refractivity contribution in [3.63, 3.8) is 0 Å². The lowest BCUT2D eigenvalue weighted by molar-refractivity contribution is 0.304. The van der Waals surface area contributed by atoms with Crippen LogP contribution in [0.1, 0.15) is 13.3 Å².